The van der Waals surface area contributed by atoms with Crippen molar-refractivity contribution in [1.82, 2.24) is 0 Å². The minimum Gasteiger partial charge on any atom is -0.381 e. The predicted molar refractivity (Wildman–Crippen MR) is 80.9 cm³/mol. The lowest BCUT2D eigenvalue weighted by Gasteiger charge is -2.41. The van der Waals surface area contributed by atoms with Crippen LogP contribution in [0.15, 0.2) is 11.6 Å². The van der Waals surface area contributed by atoms with Gasteiger partial charge in [0.05, 0.1) is 6.10 Å². The summed E-state index contributed by atoms with van der Waals surface area (Å²) < 4.78 is 5.80. The molecular weight excluding hydrogens is 232 g/mol. The Morgan fingerprint density at radius 3 is 3.00 bits per heavy atom. The van der Waals surface area contributed by atoms with Crippen LogP contribution >= 0.6 is 0 Å². The molecule has 19 heavy (non-hydrogen) atoms. The molecule has 0 aliphatic heterocycles. The smallest absolute Gasteiger partial charge is 0.0674 e. The summed E-state index contributed by atoms with van der Waals surface area (Å²) in [6, 6.07) is 0. The molecule has 1 fully saturated rings. The fraction of sp³-hybridized carbons (Fsp3) is 0.778. The average Bonchev–Trinajstić information content (AvgIpc) is 2.83. The third-order valence-electron chi connectivity index (χ3n) is 4.84. The highest BCUT2D eigenvalue weighted by molar-refractivity contribution is 5.39. The zero-order valence-electron chi connectivity index (χ0n) is 12.6. The summed E-state index contributed by atoms with van der Waals surface area (Å²) in [5.41, 5.74) is 1.67. The van der Waals surface area contributed by atoms with Crippen molar-refractivity contribution in [2.24, 2.45) is 5.41 Å². The molecule has 0 heterocycles. The summed E-state index contributed by atoms with van der Waals surface area (Å²) in [7, 11) is 1.88. The molecule has 0 N–H and O–H groups in total. The molecule has 2 atom stereocenters. The van der Waals surface area contributed by atoms with Gasteiger partial charge < -0.3 is 4.74 Å². The Hall–Kier alpha value is -0.740. The van der Waals surface area contributed by atoms with Crippen LogP contribution in [-0.4, -0.2) is 13.2 Å². The second-order valence-electron chi connectivity index (χ2n) is 6.04. The van der Waals surface area contributed by atoms with E-state index in [9.17, 15) is 0 Å². The van der Waals surface area contributed by atoms with Crippen molar-refractivity contribution in [3.8, 4) is 11.8 Å². The van der Waals surface area contributed by atoms with E-state index in [1.807, 2.05) is 7.11 Å². The maximum absolute atomic E-state index is 5.80. The monoisotopic (exact) mass is 260 g/mol. The van der Waals surface area contributed by atoms with Gasteiger partial charge in [-0.05, 0) is 32.1 Å². The topological polar surface area (TPSA) is 9.23 Å². The van der Waals surface area contributed by atoms with E-state index in [2.05, 4.69) is 24.8 Å². The molecule has 1 heteroatoms. The van der Waals surface area contributed by atoms with Gasteiger partial charge in [-0.1, -0.05) is 50.5 Å². The van der Waals surface area contributed by atoms with Gasteiger partial charge in [0.2, 0.25) is 0 Å². The van der Waals surface area contributed by atoms with E-state index < -0.39 is 0 Å². The van der Waals surface area contributed by atoms with E-state index in [0.717, 1.165) is 6.42 Å². The van der Waals surface area contributed by atoms with Crippen molar-refractivity contribution < 1.29 is 4.74 Å². The summed E-state index contributed by atoms with van der Waals surface area (Å²) >= 11 is 0. The van der Waals surface area contributed by atoms with Crippen LogP contribution in [0.25, 0.3) is 0 Å². The third-order valence-corrected chi connectivity index (χ3v) is 4.84. The normalized spacial score (nSPS) is 30.0. The predicted octanol–water partition coefficient (Wildman–Crippen LogP) is 4.87. The van der Waals surface area contributed by atoms with Gasteiger partial charge >= 0.3 is 0 Å². The van der Waals surface area contributed by atoms with E-state index >= 15 is 0 Å². The lowest BCUT2D eigenvalue weighted by molar-refractivity contribution is -0.0198. The molecule has 2 rings (SSSR count). The SMILES string of the molecule is CCCCCC#CC1=CCC[C@]12CCCC[C@H]2OC. The largest absolute Gasteiger partial charge is 0.381 e. The van der Waals surface area contributed by atoms with Gasteiger partial charge in [-0.2, -0.15) is 0 Å². The Labute approximate surface area is 118 Å². The number of unbranched alkanes of at least 4 members (excludes halogenated alkanes) is 3. The van der Waals surface area contributed by atoms with Gasteiger partial charge in [-0.25, -0.2) is 0 Å². The Bertz CT molecular complexity index is 371. The van der Waals surface area contributed by atoms with Gasteiger partial charge in [0.15, 0.2) is 0 Å². The Morgan fingerprint density at radius 1 is 1.32 bits per heavy atom. The Kier molecular flexibility index (Phi) is 5.52. The lowest BCUT2D eigenvalue weighted by atomic mass is 9.67. The van der Waals surface area contributed by atoms with Crippen LogP contribution in [-0.2, 0) is 4.74 Å². The fourth-order valence-corrected chi connectivity index (χ4v) is 3.75. The molecule has 1 spiro atoms. The van der Waals surface area contributed by atoms with E-state index in [1.165, 1.54) is 63.4 Å². The van der Waals surface area contributed by atoms with Crippen molar-refractivity contribution in [1.29, 1.82) is 0 Å². The minimum absolute atomic E-state index is 0.269. The standard InChI is InChI=1S/C18H28O/c1-3-4-5-6-7-11-16-12-10-15-18(16)14-9-8-13-17(18)19-2/h12,17H,3-6,8-10,13-15H2,1-2H3/t17-,18-/m1/s1. The molecule has 0 bridgehead atoms. The minimum atomic E-state index is 0.269. The first kappa shape index (κ1) is 14.7. The van der Waals surface area contributed by atoms with Crippen LogP contribution in [0.5, 0.6) is 0 Å². The summed E-state index contributed by atoms with van der Waals surface area (Å²) in [4.78, 5) is 0. The molecule has 1 saturated carbocycles. The van der Waals surface area contributed by atoms with E-state index in [4.69, 9.17) is 4.74 Å². The van der Waals surface area contributed by atoms with E-state index in [-0.39, 0.29) is 5.41 Å². The summed E-state index contributed by atoms with van der Waals surface area (Å²) in [6.07, 6.45) is 15.3. The van der Waals surface area contributed by atoms with Crippen LogP contribution in [0, 0.1) is 17.3 Å². The van der Waals surface area contributed by atoms with E-state index in [0.29, 0.717) is 6.10 Å². The van der Waals surface area contributed by atoms with Gasteiger partial charge in [0, 0.05) is 24.5 Å². The molecule has 0 aromatic heterocycles. The van der Waals surface area contributed by atoms with Gasteiger partial charge in [-0.15, -0.1) is 0 Å². The summed E-state index contributed by atoms with van der Waals surface area (Å²) in [5, 5.41) is 0. The van der Waals surface area contributed by atoms with Crippen molar-refractivity contribution in [3.05, 3.63) is 11.6 Å². The first-order chi connectivity index (χ1) is 9.33. The quantitative estimate of drug-likeness (QED) is 0.518. The highest BCUT2D eigenvalue weighted by Crippen LogP contribution is 2.50. The molecular formula is C18H28O. The molecule has 106 valence electrons. The highest BCUT2D eigenvalue weighted by atomic mass is 16.5. The van der Waals surface area contributed by atoms with Crippen molar-refractivity contribution in [3.63, 3.8) is 0 Å². The molecule has 0 saturated heterocycles. The number of ether oxygens (including phenoxy) is 1. The number of rotatable bonds is 4. The second-order valence-corrected chi connectivity index (χ2v) is 6.04. The van der Waals surface area contributed by atoms with Crippen LogP contribution in [0.3, 0.4) is 0 Å². The van der Waals surface area contributed by atoms with E-state index in [1.54, 1.807) is 0 Å². The molecule has 0 aromatic carbocycles. The number of methoxy groups -OCH3 is 1. The average molecular weight is 260 g/mol. The Morgan fingerprint density at radius 2 is 2.21 bits per heavy atom. The zero-order valence-corrected chi connectivity index (χ0v) is 12.6. The first-order valence-electron chi connectivity index (χ1n) is 8.06. The third kappa shape index (κ3) is 3.23. The molecule has 0 radical (unpaired) electrons. The molecule has 2 aliphatic rings. The molecule has 2 aliphatic carbocycles. The van der Waals surface area contributed by atoms with Gasteiger partial charge in [0.1, 0.15) is 0 Å². The number of hydrogen-bond acceptors (Lipinski definition) is 1. The second kappa shape index (κ2) is 7.15. The maximum atomic E-state index is 5.80. The first-order valence-corrected chi connectivity index (χ1v) is 8.06. The molecule has 0 unspecified atom stereocenters. The number of hydrogen-bond donors (Lipinski definition) is 0. The Balaban J connectivity index is 2.02. The zero-order chi connectivity index (χ0) is 13.6. The summed E-state index contributed by atoms with van der Waals surface area (Å²) in [6.45, 7) is 2.24. The van der Waals surface area contributed by atoms with Crippen molar-refractivity contribution in [2.45, 2.75) is 77.2 Å². The molecule has 0 aromatic rings. The maximum Gasteiger partial charge on any atom is 0.0674 e. The fourth-order valence-electron chi connectivity index (χ4n) is 3.75. The number of allylic oxidation sites excluding steroid dienone is 1. The van der Waals surface area contributed by atoms with Crippen molar-refractivity contribution >= 4 is 0 Å². The van der Waals surface area contributed by atoms with Crippen LogP contribution < -0.4 is 0 Å². The highest BCUT2D eigenvalue weighted by Gasteiger charge is 2.45. The van der Waals surface area contributed by atoms with Gasteiger partial charge in [0.25, 0.3) is 0 Å². The molecule has 1 nitrogen and oxygen atoms in total. The lowest BCUT2D eigenvalue weighted by Crippen LogP contribution is -2.39. The van der Waals surface area contributed by atoms with Crippen molar-refractivity contribution in [2.75, 3.05) is 7.11 Å². The molecule has 0 amide bonds. The summed E-state index contributed by atoms with van der Waals surface area (Å²) in [5.74, 6) is 6.90. The van der Waals surface area contributed by atoms with Gasteiger partial charge in [-0.3, -0.25) is 0 Å². The van der Waals surface area contributed by atoms with Crippen LogP contribution in [0.1, 0.15) is 71.1 Å². The van der Waals surface area contributed by atoms with Crippen LogP contribution in [0.2, 0.25) is 0 Å². The van der Waals surface area contributed by atoms with Crippen LogP contribution in [0.4, 0.5) is 0 Å².